The molecule has 0 aromatic rings. The van der Waals surface area contributed by atoms with Crippen molar-refractivity contribution in [2.24, 2.45) is 0 Å². The lowest BCUT2D eigenvalue weighted by molar-refractivity contribution is -0.302. The van der Waals surface area contributed by atoms with Gasteiger partial charge in [0.1, 0.15) is 24.4 Å². The van der Waals surface area contributed by atoms with E-state index in [1.54, 1.807) is 6.08 Å². The van der Waals surface area contributed by atoms with Gasteiger partial charge in [0.2, 0.25) is 5.91 Å². The number of aliphatic hydroxyl groups excluding tert-OH is 5. The molecule has 0 aromatic carbocycles. The van der Waals surface area contributed by atoms with Gasteiger partial charge in [-0.05, 0) is 77.6 Å². The third-order valence-electron chi connectivity index (χ3n) is 16.2. The van der Waals surface area contributed by atoms with E-state index in [1.165, 1.54) is 231 Å². The van der Waals surface area contributed by atoms with Crippen molar-refractivity contribution in [3.05, 3.63) is 48.6 Å². The highest BCUT2D eigenvalue weighted by molar-refractivity contribution is 5.76. The molecule has 0 aliphatic carbocycles. The molecule has 0 spiro atoms. The van der Waals surface area contributed by atoms with E-state index in [1.807, 2.05) is 19.1 Å². The molecular weight excluding hydrogens is 1010 g/mol. The molecule has 6 N–H and O–H groups in total. The van der Waals surface area contributed by atoms with E-state index >= 15 is 0 Å². The number of unbranched alkanes of at least 4 members (excludes halogenated alkanes) is 41. The second-order valence-corrected chi connectivity index (χ2v) is 23.9. The fourth-order valence-corrected chi connectivity index (χ4v) is 10.8. The summed E-state index contributed by atoms with van der Waals surface area (Å²) < 4.78 is 16.7. The van der Waals surface area contributed by atoms with Gasteiger partial charge >= 0.3 is 5.97 Å². The summed E-state index contributed by atoms with van der Waals surface area (Å²) in [6.45, 7) is 4.12. The summed E-state index contributed by atoms with van der Waals surface area (Å²) in [7, 11) is 0. The highest BCUT2D eigenvalue weighted by atomic mass is 16.7. The van der Waals surface area contributed by atoms with E-state index < -0.39 is 49.5 Å². The van der Waals surface area contributed by atoms with Crippen LogP contribution in [-0.4, -0.2) is 100 Å². The van der Waals surface area contributed by atoms with E-state index in [2.05, 4.69) is 42.6 Å². The summed E-state index contributed by atoms with van der Waals surface area (Å²) in [6, 6.07) is -0.834. The molecule has 81 heavy (non-hydrogen) atoms. The zero-order valence-electron chi connectivity index (χ0n) is 52.5. The minimum atomic E-state index is -1.58. The lowest BCUT2D eigenvalue weighted by Gasteiger charge is -2.40. The van der Waals surface area contributed by atoms with Crippen molar-refractivity contribution >= 4 is 11.9 Å². The second-order valence-electron chi connectivity index (χ2n) is 23.9. The van der Waals surface area contributed by atoms with Crippen LogP contribution in [0.1, 0.15) is 322 Å². The molecule has 1 heterocycles. The van der Waals surface area contributed by atoms with Crippen LogP contribution in [0.3, 0.4) is 0 Å². The molecule has 1 aliphatic heterocycles. The zero-order valence-corrected chi connectivity index (χ0v) is 52.5. The van der Waals surface area contributed by atoms with E-state index in [4.69, 9.17) is 14.2 Å². The molecule has 1 amide bonds. The van der Waals surface area contributed by atoms with Crippen LogP contribution in [0.2, 0.25) is 0 Å². The maximum Gasteiger partial charge on any atom is 0.305 e. The van der Waals surface area contributed by atoms with Crippen LogP contribution in [0.5, 0.6) is 0 Å². The molecule has 1 saturated heterocycles. The Morgan fingerprint density at radius 1 is 0.469 bits per heavy atom. The van der Waals surface area contributed by atoms with E-state index in [-0.39, 0.29) is 18.5 Å². The van der Waals surface area contributed by atoms with E-state index in [0.29, 0.717) is 19.4 Å². The SMILES string of the molecule is C/C=C/CC/C=C/CC/C=C/C(O)C(COC1OC(CO)C(O)C(O)C1O)NC(=O)CCCCCCCCCCCCCC/C=C\CCCCCCCCCCCCCCOC(=O)CCCCCCCCCCCCCCCCCC. The first-order valence-electron chi connectivity index (χ1n) is 34.4. The number of esters is 1. The number of hydrogen-bond acceptors (Lipinski definition) is 10. The Morgan fingerprint density at radius 2 is 0.852 bits per heavy atom. The number of nitrogens with one attached hydrogen (secondary N) is 1. The van der Waals surface area contributed by atoms with Crippen molar-refractivity contribution in [1.29, 1.82) is 0 Å². The molecule has 7 unspecified atom stereocenters. The van der Waals surface area contributed by atoms with Gasteiger partial charge in [-0.25, -0.2) is 0 Å². The topological polar surface area (TPSA) is 175 Å². The van der Waals surface area contributed by atoms with Crippen molar-refractivity contribution in [1.82, 2.24) is 5.32 Å². The van der Waals surface area contributed by atoms with Crippen molar-refractivity contribution in [2.75, 3.05) is 19.8 Å². The fourth-order valence-electron chi connectivity index (χ4n) is 10.8. The molecule has 1 rings (SSSR count). The molecule has 7 atom stereocenters. The van der Waals surface area contributed by atoms with Crippen molar-refractivity contribution in [3.63, 3.8) is 0 Å². The molecule has 474 valence electrons. The number of carbonyl (C=O) groups is 2. The number of aliphatic hydroxyl groups is 5. The van der Waals surface area contributed by atoms with Crippen LogP contribution < -0.4 is 5.32 Å². The molecule has 11 heteroatoms. The first-order valence-corrected chi connectivity index (χ1v) is 34.4. The van der Waals surface area contributed by atoms with Crippen LogP contribution in [-0.2, 0) is 23.8 Å². The number of rotatable bonds is 60. The first-order chi connectivity index (χ1) is 39.7. The van der Waals surface area contributed by atoms with Crippen LogP contribution >= 0.6 is 0 Å². The third kappa shape index (κ3) is 48.5. The van der Waals surface area contributed by atoms with Gasteiger partial charge in [-0.1, -0.05) is 280 Å². The lowest BCUT2D eigenvalue weighted by atomic mass is 9.99. The monoisotopic (exact) mass is 1140 g/mol. The summed E-state index contributed by atoms with van der Waals surface area (Å²) in [5.41, 5.74) is 0. The Kier molecular flexibility index (Phi) is 56.2. The Morgan fingerprint density at radius 3 is 1.30 bits per heavy atom. The summed E-state index contributed by atoms with van der Waals surface area (Å²) in [4.78, 5) is 25.1. The Bertz CT molecular complexity index is 1480. The molecule has 0 saturated carbocycles. The zero-order chi connectivity index (χ0) is 58.7. The number of allylic oxidation sites excluding steroid dienone is 7. The number of amides is 1. The molecule has 0 bridgehead atoms. The van der Waals surface area contributed by atoms with Crippen LogP contribution in [0.25, 0.3) is 0 Å². The average Bonchev–Trinajstić information content (AvgIpc) is 3.47. The Hall–Kier alpha value is -2.38. The van der Waals surface area contributed by atoms with E-state index in [9.17, 15) is 35.1 Å². The third-order valence-corrected chi connectivity index (χ3v) is 16.2. The minimum absolute atomic E-state index is 0.00961. The van der Waals surface area contributed by atoms with Crippen molar-refractivity contribution in [3.8, 4) is 0 Å². The first kappa shape index (κ1) is 76.6. The largest absolute Gasteiger partial charge is 0.466 e. The van der Waals surface area contributed by atoms with Gasteiger partial charge in [0.15, 0.2) is 6.29 Å². The number of hydrogen-bond donors (Lipinski definition) is 6. The number of carbonyl (C=O) groups excluding carboxylic acids is 2. The molecule has 0 aromatic heterocycles. The maximum absolute atomic E-state index is 13.0. The van der Waals surface area contributed by atoms with Crippen LogP contribution in [0.4, 0.5) is 0 Å². The van der Waals surface area contributed by atoms with Gasteiger partial charge in [0.05, 0.1) is 32.0 Å². The van der Waals surface area contributed by atoms with Gasteiger partial charge in [-0.2, -0.15) is 0 Å². The quantitative estimate of drug-likeness (QED) is 0.0195. The van der Waals surface area contributed by atoms with Crippen LogP contribution in [0.15, 0.2) is 48.6 Å². The molecule has 11 nitrogen and oxygen atoms in total. The normalized spacial score (nSPS) is 18.5. The minimum Gasteiger partial charge on any atom is -0.466 e. The predicted molar refractivity (Wildman–Crippen MR) is 338 cm³/mol. The Labute approximate surface area is 497 Å². The summed E-state index contributed by atoms with van der Waals surface area (Å²) in [5, 5.41) is 54.2. The van der Waals surface area contributed by atoms with Gasteiger partial charge < -0.3 is 45.1 Å². The average molecular weight is 1140 g/mol. The van der Waals surface area contributed by atoms with Crippen molar-refractivity contribution in [2.45, 2.75) is 365 Å². The highest BCUT2D eigenvalue weighted by Gasteiger charge is 2.44. The predicted octanol–water partition coefficient (Wildman–Crippen LogP) is 17.2. The summed E-state index contributed by atoms with van der Waals surface area (Å²) >= 11 is 0. The smallest absolute Gasteiger partial charge is 0.305 e. The van der Waals surface area contributed by atoms with Gasteiger partial charge in [0.25, 0.3) is 0 Å². The van der Waals surface area contributed by atoms with Crippen LogP contribution in [0, 0.1) is 0 Å². The number of ether oxygens (including phenoxy) is 3. The molecular formula is C70H129NO10. The Balaban J connectivity index is 1.92. The molecule has 1 fully saturated rings. The summed E-state index contributed by atoms with van der Waals surface area (Å²) in [5.74, 6) is -0.189. The van der Waals surface area contributed by atoms with E-state index in [0.717, 1.165) is 64.2 Å². The molecule has 1 aliphatic rings. The lowest BCUT2D eigenvalue weighted by Crippen LogP contribution is -2.60. The summed E-state index contributed by atoms with van der Waals surface area (Å²) in [6.07, 6.45) is 67.1. The second kappa shape index (κ2) is 59.4. The van der Waals surface area contributed by atoms with Gasteiger partial charge in [0, 0.05) is 12.8 Å². The van der Waals surface area contributed by atoms with Gasteiger partial charge in [-0.3, -0.25) is 9.59 Å². The fraction of sp³-hybridized carbons (Fsp3) is 0.857. The highest BCUT2D eigenvalue weighted by Crippen LogP contribution is 2.23. The van der Waals surface area contributed by atoms with Crippen molar-refractivity contribution < 1.29 is 49.3 Å². The standard InChI is InChI=1S/C70H129NO10/c1-3-5-7-9-11-13-14-15-16-32-35-38-42-46-50-54-58-66(75)79-59-55-51-47-43-39-36-33-30-28-26-24-22-20-18-17-19-21-23-25-27-29-31-34-37-41-45-49-53-57-65(74)71-62(63(73)56-52-48-44-40-12-10-8-6-4-2)61-80-70-69(78)68(77)67(76)64(60-72)81-70/h4,6,12,17-18,40,52,56,62-64,67-70,72-73,76-78H,3,5,7-11,13-16,19-39,41-51,53-55,57-61H2,1-2H3,(H,71,74)/b6-4+,18-17-,40-12+,56-52+. The maximum atomic E-state index is 13.0. The molecule has 0 radical (unpaired) electrons. The van der Waals surface area contributed by atoms with Gasteiger partial charge in [-0.15, -0.1) is 0 Å².